The summed E-state index contributed by atoms with van der Waals surface area (Å²) in [5.41, 5.74) is 0.650. The van der Waals surface area contributed by atoms with Crippen LogP contribution >= 0.6 is 15.9 Å². The fraction of sp³-hybridized carbons (Fsp3) is 0.0833. The van der Waals surface area contributed by atoms with Gasteiger partial charge in [0.2, 0.25) is 12.2 Å². The summed E-state index contributed by atoms with van der Waals surface area (Å²) in [6.45, 7) is 0. The lowest BCUT2D eigenvalue weighted by molar-refractivity contribution is -0.130. The van der Waals surface area contributed by atoms with Crippen LogP contribution in [0.1, 0.15) is 20.7 Å². The SMILES string of the molecule is O=C(O[C@H]1C(=O)N(c2cccc(Br)c2)C(=O)[C@@H]1OC(=O)c1ccccc1)c1ccccc1. The van der Waals surface area contributed by atoms with Gasteiger partial charge in [-0.05, 0) is 42.5 Å². The second-order valence-electron chi connectivity index (χ2n) is 6.88. The van der Waals surface area contributed by atoms with Crippen LogP contribution in [0.15, 0.2) is 89.4 Å². The topological polar surface area (TPSA) is 90.0 Å². The van der Waals surface area contributed by atoms with Crippen LogP contribution in [0.25, 0.3) is 0 Å². The van der Waals surface area contributed by atoms with E-state index in [1.807, 2.05) is 0 Å². The number of anilines is 1. The molecule has 0 N–H and O–H groups in total. The smallest absolute Gasteiger partial charge is 0.339 e. The molecule has 1 saturated heterocycles. The molecule has 3 aromatic carbocycles. The quantitative estimate of drug-likeness (QED) is 0.396. The minimum absolute atomic E-state index is 0.196. The molecule has 1 aliphatic heterocycles. The Morgan fingerprint density at radius 3 is 1.59 bits per heavy atom. The Balaban J connectivity index is 1.66. The van der Waals surface area contributed by atoms with Gasteiger partial charge in [0.05, 0.1) is 16.8 Å². The molecule has 1 heterocycles. The number of carbonyl (C=O) groups is 4. The maximum Gasteiger partial charge on any atom is 0.339 e. The van der Waals surface area contributed by atoms with Crippen molar-refractivity contribution in [3.05, 3.63) is 101 Å². The molecular weight excluding hydrogens is 478 g/mol. The highest BCUT2D eigenvalue weighted by Gasteiger charge is 2.53. The van der Waals surface area contributed by atoms with Gasteiger partial charge in [-0.3, -0.25) is 9.59 Å². The Hall–Kier alpha value is -3.78. The number of carbonyl (C=O) groups excluding carboxylic acids is 4. The minimum atomic E-state index is -1.62. The standard InChI is InChI=1S/C24H16BrNO6/c25-17-12-7-13-18(14-17)26-21(27)19(31-23(29)15-8-3-1-4-9-15)20(22(26)28)32-24(30)16-10-5-2-6-11-16/h1-14,19-20H/t19-,20-/m1/s1. The molecule has 0 spiro atoms. The van der Waals surface area contributed by atoms with Gasteiger partial charge < -0.3 is 9.47 Å². The van der Waals surface area contributed by atoms with Crippen LogP contribution in [0.2, 0.25) is 0 Å². The van der Waals surface area contributed by atoms with Crippen molar-refractivity contribution in [2.75, 3.05) is 4.90 Å². The molecule has 7 nitrogen and oxygen atoms in total. The second-order valence-corrected chi connectivity index (χ2v) is 7.79. The molecular formula is C24H16BrNO6. The largest absolute Gasteiger partial charge is 0.444 e. The molecule has 0 bridgehead atoms. The summed E-state index contributed by atoms with van der Waals surface area (Å²) in [6, 6.07) is 22.5. The van der Waals surface area contributed by atoms with Crippen molar-refractivity contribution in [1.29, 1.82) is 0 Å². The monoisotopic (exact) mass is 493 g/mol. The molecule has 2 atom stereocenters. The van der Waals surface area contributed by atoms with Gasteiger partial charge in [0.15, 0.2) is 0 Å². The van der Waals surface area contributed by atoms with Gasteiger partial charge in [-0.25, -0.2) is 14.5 Å². The highest BCUT2D eigenvalue weighted by molar-refractivity contribution is 9.10. The van der Waals surface area contributed by atoms with Crippen molar-refractivity contribution in [2.45, 2.75) is 12.2 Å². The van der Waals surface area contributed by atoms with Crippen LogP contribution < -0.4 is 4.90 Å². The summed E-state index contributed by atoms with van der Waals surface area (Å²) in [5, 5.41) is 0. The summed E-state index contributed by atoms with van der Waals surface area (Å²) in [7, 11) is 0. The Kier molecular flexibility index (Phi) is 6.13. The number of rotatable bonds is 5. The van der Waals surface area contributed by atoms with E-state index >= 15 is 0 Å². The molecule has 32 heavy (non-hydrogen) atoms. The van der Waals surface area contributed by atoms with E-state index in [0.717, 1.165) is 4.90 Å². The lowest BCUT2D eigenvalue weighted by Gasteiger charge is -2.16. The Morgan fingerprint density at radius 1 is 0.688 bits per heavy atom. The van der Waals surface area contributed by atoms with E-state index in [0.29, 0.717) is 4.47 Å². The maximum atomic E-state index is 13.1. The number of nitrogens with zero attached hydrogens (tertiary/aromatic N) is 1. The molecule has 0 radical (unpaired) electrons. The van der Waals surface area contributed by atoms with Crippen LogP contribution in [-0.2, 0) is 19.1 Å². The molecule has 0 unspecified atom stereocenters. The number of ether oxygens (including phenoxy) is 2. The average molecular weight is 494 g/mol. The maximum absolute atomic E-state index is 13.1. The number of esters is 2. The molecule has 160 valence electrons. The van der Waals surface area contributed by atoms with Crippen molar-refractivity contribution in [1.82, 2.24) is 0 Å². The van der Waals surface area contributed by atoms with Gasteiger partial charge in [-0.15, -0.1) is 0 Å². The van der Waals surface area contributed by atoms with Gasteiger partial charge in [0.25, 0.3) is 11.8 Å². The molecule has 4 rings (SSSR count). The Morgan fingerprint density at radius 2 is 1.16 bits per heavy atom. The molecule has 1 fully saturated rings. The fourth-order valence-electron chi connectivity index (χ4n) is 3.23. The molecule has 0 aliphatic carbocycles. The van der Waals surface area contributed by atoms with E-state index in [1.165, 1.54) is 24.3 Å². The van der Waals surface area contributed by atoms with E-state index in [9.17, 15) is 19.2 Å². The van der Waals surface area contributed by atoms with Gasteiger partial charge in [0.1, 0.15) is 0 Å². The lowest BCUT2D eigenvalue weighted by atomic mass is 10.2. The zero-order valence-corrected chi connectivity index (χ0v) is 18.1. The first-order valence-corrected chi connectivity index (χ1v) is 10.4. The number of amides is 2. The number of hydrogen-bond donors (Lipinski definition) is 0. The molecule has 0 saturated carbocycles. The van der Waals surface area contributed by atoms with E-state index in [4.69, 9.17) is 9.47 Å². The molecule has 8 heteroatoms. The third-order valence-electron chi connectivity index (χ3n) is 4.76. The zero-order valence-electron chi connectivity index (χ0n) is 16.5. The zero-order chi connectivity index (χ0) is 22.7. The summed E-state index contributed by atoms with van der Waals surface area (Å²) in [6.07, 6.45) is -3.25. The predicted molar refractivity (Wildman–Crippen MR) is 118 cm³/mol. The van der Waals surface area contributed by atoms with Crippen molar-refractivity contribution in [3.63, 3.8) is 0 Å². The van der Waals surface area contributed by atoms with Gasteiger partial charge in [0, 0.05) is 4.47 Å². The van der Waals surface area contributed by atoms with Crippen molar-refractivity contribution >= 4 is 45.4 Å². The van der Waals surface area contributed by atoms with Crippen LogP contribution in [-0.4, -0.2) is 36.0 Å². The highest BCUT2D eigenvalue weighted by Crippen LogP contribution is 2.29. The van der Waals surface area contributed by atoms with Gasteiger partial charge >= 0.3 is 11.9 Å². The first kappa shape index (κ1) is 21.5. The van der Waals surface area contributed by atoms with Crippen molar-refractivity contribution in [2.24, 2.45) is 0 Å². The Bertz CT molecular complexity index is 1110. The van der Waals surface area contributed by atoms with Crippen molar-refractivity contribution < 1.29 is 28.7 Å². The van der Waals surface area contributed by atoms with Crippen LogP contribution in [0.3, 0.4) is 0 Å². The van der Waals surface area contributed by atoms with Crippen LogP contribution in [0.5, 0.6) is 0 Å². The van der Waals surface area contributed by atoms with E-state index in [1.54, 1.807) is 60.7 Å². The number of benzene rings is 3. The van der Waals surface area contributed by atoms with Crippen molar-refractivity contribution in [3.8, 4) is 0 Å². The summed E-state index contributed by atoms with van der Waals surface area (Å²) >= 11 is 3.30. The van der Waals surface area contributed by atoms with Crippen LogP contribution in [0.4, 0.5) is 5.69 Å². The average Bonchev–Trinajstić information content (AvgIpc) is 3.04. The fourth-order valence-corrected chi connectivity index (χ4v) is 3.62. The molecule has 1 aliphatic rings. The Labute approximate surface area is 191 Å². The lowest BCUT2D eigenvalue weighted by Crippen LogP contribution is -2.37. The normalized spacial score (nSPS) is 17.8. The van der Waals surface area contributed by atoms with E-state index in [2.05, 4.69) is 15.9 Å². The third-order valence-corrected chi connectivity index (χ3v) is 5.25. The van der Waals surface area contributed by atoms with Gasteiger partial charge in [-0.1, -0.05) is 58.4 Å². The number of halogens is 1. The molecule has 0 aromatic heterocycles. The summed E-state index contributed by atoms with van der Waals surface area (Å²) < 4.78 is 11.4. The first-order valence-electron chi connectivity index (χ1n) is 9.61. The highest BCUT2D eigenvalue weighted by atomic mass is 79.9. The molecule has 2 amide bonds. The molecule has 3 aromatic rings. The predicted octanol–water partition coefficient (Wildman–Crippen LogP) is 3.77. The summed E-state index contributed by atoms with van der Waals surface area (Å²) in [4.78, 5) is 52.3. The number of imide groups is 1. The summed E-state index contributed by atoms with van der Waals surface area (Å²) in [5.74, 6) is -3.23. The third kappa shape index (κ3) is 4.31. The first-order chi connectivity index (χ1) is 15.5. The minimum Gasteiger partial charge on any atom is -0.444 e. The second kappa shape index (κ2) is 9.15. The van der Waals surface area contributed by atoms with E-state index in [-0.39, 0.29) is 16.8 Å². The van der Waals surface area contributed by atoms with E-state index < -0.39 is 36.0 Å². The van der Waals surface area contributed by atoms with Crippen LogP contribution in [0, 0.1) is 0 Å². The number of hydrogen-bond acceptors (Lipinski definition) is 6. The van der Waals surface area contributed by atoms with Gasteiger partial charge in [-0.2, -0.15) is 0 Å².